The van der Waals surface area contributed by atoms with E-state index in [-0.39, 0.29) is 11.4 Å². The Bertz CT molecular complexity index is 744. The van der Waals surface area contributed by atoms with Crippen LogP contribution in [0, 0.1) is 46.3 Å². The Hall–Kier alpha value is -0.870. The number of hydrogen-bond acceptors (Lipinski definition) is 4. The van der Waals surface area contributed by atoms with E-state index >= 15 is 0 Å². The van der Waals surface area contributed by atoms with Crippen LogP contribution >= 0.6 is 0 Å². The predicted octanol–water partition coefficient (Wildman–Crippen LogP) is 5.90. The average Bonchev–Trinajstić information content (AvgIpc) is 3.10. The van der Waals surface area contributed by atoms with Gasteiger partial charge in [0.15, 0.2) is 0 Å². The highest BCUT2D eigenvalue weighted by Gasteiger charge is 2.60. The lowest BCUT2D eigenvalue weighted by atomic mass is 9.46. The number of allylic oxidation sites excluding steroid dienone is 1. The fraction of sp³-hybridized carbons (Fsp3) is 0.897. The Balaban J connectivity index is 1.55. The maximum atomic E-state index is 11.8. The first kappa shape index (κ1) is 25.2. The molecule has 9 atom stereocenters. The van der Waals surface area contributed by atoms with Gasteiger partial charge in [0.05, 0.1) is 6.10 Å². The molecule has 0 bridgehead atoms. The zero-order valence-corrected chi connectivity index (χ0v) is 21.7. The highest BCUT2D eigenvalue weighted by Crippen LogP contribution is 2.67. The molecule has 3 saturated carbocycles. The molecule has 2 N–H and O–H groups in total. The van der Waals surface area contributed by atoms with Crippen LogP contribution in [0.1, 0.15) is 98.8 Å². The molecule has 0 aromatic rings. The fourth-order valence-corrected chi connectivity index (χ4v) is 9.04. The molecule has 3 unspecified atom stereocenters. The number of esters is 1. The standard InChI is InChI=1S/C29H48O4/c1-18(2)7-6-8-20(17-30)22-11-12-23-21-9-10-25-27(33-19(3)31)26(32)14-16-29(25,5)24(21)13-15-28(22,23)4/h10,18,20-24,26-27,30,32H,6-9,11-17H2,1-5H3/t20-,21?,22+,23?,24?,26+,27+,28+,29+/m0/s1. The zero-order chi connectivity index (χ0) is 24.0. The molecule has 4 heteroatoms. The molecule has 4 aliphatic carbocycles. The third kappa shape index (κ3) is 4.44. The van der Waals surface area contributed by atoms with Crippen LogP contribution in [0.4, 0.5) is 0 Å². The number of aliphatic hydroxyl groups is 2. The van der Waals surface area contributed by atoms with Crippen LogP contribution < -0.4 is 0 Å². The number of carbonyl (C=O) groups is 1. The Morgan fingerprint density at radius 2 is 1.88 bits per heavy atom. The van der Waals surface area contributed by atoms with E-state index < -0.39 is 12.2 Å². The van der Waals surface area contributed by atoms with E-state index in [1.165, 1.54) is 57.4 Å². The number of fused-ring (bicyclic) bond motifs is 5. The van der Waals surface area contributed by atoms with Crippen LogP contribution in [-0.2, 0) is 9.53 Å². The van der Waals surface area contributed by atoms with Gasteiger partial charge in [-0.2, -0.15) is 0 Å². The molecule has 0 radical (unpaired) electrons. The lowest BCUT2D eigenvalue weighted by molar-refractivity contribution is -0.155. The van der Waals surface area contributed by atoms with Gasteiger partial charge in [-0.3, -0.25) is 4.79 Å². The predicted molar refractivity (Wildman–Crippen MR) is 131 cm³/mol. The minimum absolute atomic E-state index is 0.0231. The fourth-order valence-electron chi connectivity index (χ4n) is 9.04. The smallest absolute Gasteiger partial charge is 0.303 e. The lowest BCUT2D eigenvalue weighted by Gasteiger charge is -2.59. The summed E-state index contributed by atoms with van der Waals surface area (Å²) in [6.07, 6.45) is 12.7. The molecular formula is C29H48O4. The summed E-state index contributed by atoms with van der Waals surface area (Å²) in [5.41, 5.74) is 1.55. The van der Waals surface area contributed by atoms with Gasteiger partial charge >= 0.3 is 5.97 Å². The second-order valence-electron chi connectivity index (χ2n) is 12.8. The van der Waals surface area contributed by atoms with Crippen LogP contribution in [0.25, 0.3) is 0 Å². The van der Waals surface area contributed by atoms with Crippen molar-refractivity contribution >= 4 is 5.97 Å². The van der Waals surface area contributed by atoms with Crippen molar-refractivity contribution in [1.29, 1.82) is 0 Å². The lowest BCUT2D eigenvalue weighted by Crippen LogP contribution is -2.54. The maximum Gasteiger partial charge on any atom is 0.303 e. The zero-order valence-electron chi connectivity index (χ0n) is 21.7. The molecule has 4 rings (SSSR count). The summed E-state index contributed by atoms with van der Waals surface area (Å²) < 4.78 is 5.66. The van der Waals surface area contributed by atoms with Crippen molar-refractivity contribution < 1.29 is 19.7 Å². The van der Waals surface area contributed by atoms with Crippen molar-refractivity contribution in [1.82, 2.24) is 0 Å². The Labute approximate surface area is 201 Å². The molecule has 4 aliphatic rings. The van der Waals surface area contributed by atoms with Crippen LogP contribution in [0.3, 0.4) is 0 Å². The molecule has 0 heterocycles. The highest BCUT2D eigenvalue weighted by atomic mass is 16.6. The number of hydrogen-bond donors (Lipinski definition) is 2. The number of rotatable bonds is 7. The van der Waals surface area contributed by atoms with E-state index in [1.807, 2.05) is 0 Å². The second kappa shape index (κ2) is 9.64. The number of aliphatic hydroxyl groups excluding tert-OH is 2. The van der Waals surface area contributed by atoms with Crippen molar-refractivity contribution in [2.45, 2.75) is 111 Å². The largest absolute Gasteiger partial charge is 0.455 e. The van der Waals surface area contributed by atoms with E-state index in [0.717, 1.165) is 18.8 Å². The van der Waals surface area contributed by atoms with Gasteiger partial charge in [0.25, 0.3) is 0 Å². The molecule has 4 nitrogen and oxygen atoms in total. The molecule has 0 spiro atoms. The minimum Gasteiger partial charge on any atom is -0.455 e. The first-order valence-electron chi connectivity index (χ1n) is 13.8. The summed E-state index contributed by atoms with van der Waals surface area (Å²) in [5.74, 6) is 3.52. The molecule has 3 fully saturated rings. The highest BCUT2D eigenvalue weighted by molar-refractivity contribution is 5.66. The van der Waals surface area contributed by atoms with Gasteiger partial charge in [-0.05, 0) is 103 Å². The van der Waals surface area contributed by atoms with E-state index in [1.54, 1.807) is 0 Å². The summed E-state index contributed by atoms with van der Waals surface area (Å²) in [6, 6.07) is 0. The third-order valence-electron chi connectivity index (χ3n) is 10.7. The SMILES string of the molecule is CC(=O)O[C@@H]1C2=CCC3C(CC[C@@]4(C)C3CC[C@@H]4[C@H](CO)CCCC(C)C)[C@@]2(C)CC[C@H]1O. The molecule has 188 valence electrons. The quantitative estimate of drug-likeness (QED) is 0.366. The van der Waals surface area contributed by atoms with Gasteiger partial charge in [0, 0.05) is 13.5 Å². The summed E-state index contributed by atoms with van der Waals surface area (Å²) in [4.78, 5) is 11.8. The van der Waals surface area contributed by atoms with E-state index in [0.29, 0.717) is 48.0 Å². The summed E-state index contributed by atoms with van der Waals surface area (Å²) in [6.45, 7) is 11.3. The van der Waals surface area contributed by atoms with Gasteiger partial charge in [0.1, 0.15) is 6.10 Å². The van der Waals surface area contributed by atoms with Crippen molar-refractivity contribution in [2.24, 2.45) is 46.3 Å². The Morgan fingerprint density at radius 3 is 2.55 bits per heavy atom. The first-order valence-corrected chi connectivity index (χ1v) is 13.8. The molecular weight excluding hydrogens is 412 g/mol. The molecule has 0 aliphatic heterocycles. The van der Waals surface area contributed by atoms with Crippen LogP contribution in [0.15, 0.2) is 11.6 Å². The van der Waals surface area contributed by atoms with Crippen molar-refractivity contribution in [2.75, 3.05) is 6.61 Å². The normalized spacial score (nSPS) is 43.3. The number of carbonyl (C=O) groups excluding carboxylic acids is 1. The van der Waals surface area contributed by atoms with Crippen LogP contribution in [-0.4, -0.2) is 35.0 Å². The summed E-state index contributed by atoms with van der Waals surface area (Å²) >= 11 is 0. The van der Waals surface area contributed by atoms with E-state index in [4.69, 9.17) is 4.74 Å². The van der Waals surface area contributed by atoms with Gasteiger partial charge in [-0.15, -0.1) is 0 Å². The first-order chi connectivity index (χ1) is 15.6. The van der Waals surface area contributed by atoms with Gasteiger partial charge in [-0.25, -0.2) is 0 Å². The maximum absolute atomic E-state index is 11.8. The average molecular weight is 461 g/mol. The van der Waals surface area contributed by atoms with E-state index in [9.17, 15) is 15.0 Å². The van der Waals surface area contributed by atoms with Gasteiger partial charge in [0.2, 0.25) is 0 Å². The molecule has 0 aromatic carbocycles. The topological polar surface area (TPSA) is 66.8 Å². The molecule has 0 aromatic heterocycles. The van der Waals surface area contributed by atoms with Crippen molar-refractivity contribution in [3.63, 3.8) is 0 Å². The van der Waals surface area contributed by atoms with Crippen LogP contribution in [0.5, 0.6) is 0 Å². The third-order valence-corrected chi connectivity index (χ3v) is 10.7. The van der Waals surface area contributed by atoms with Gasteiger partial charge < -0.3 is 14.9 Å². The van der Waals surface area contributed by atoms with Crippen molar-refractivity contribution in [3.8, 4) is 0 Å². The summed E-state index contributed by atoms with van der Waals surface area (Å²) in [5, 5.41) is 21.0. The second-order valence-corrected chi connectivity index (χ2v) is 12.8. The Kier molecular flexibility index (Phi) is 7.37. The number of ether oxygens (including phenoxy) is 1. The minimum atomic E-state index is -0.578. The van der Waals surface area contributed by atoms with Crippen LogP contribution in [0.2, 0.25) is 0 Å². The molecule has 33 heavy (non-hydrogen) atoms. The Morgan fingerprint density at radius 1 is 1.12 bits per heavy atom. The summed E-state index contributed by atoms with van der Waals surface area (Å²) in [7, 11) is 0. The van der Waals surface area contributed by atoms with Crippen molar-refractivity contribution in [3.05, 3.63) is 11.6 Å². The van der Waals surface area contributed by atoms with Gasteiger partial charge in [-0.1, -0.05) is 46.6 Å². The monoisotopic (exact) mass is 460 g/mol. The van der Waals surface area contributed by atoms with E-state index in [2.05, 4.69) is 33.8 Å². The molecule has 0 saturated heterocycles. The molecule has 0 amide bonds.